The lowest BCUT2D eigenvalue weighted by atomic mass is 10.1. The Labute approximate surface area is 74.3 Å². The number of benzene rings is 1. The first-order chi connectivity index (χ1) is 6.33. The summed E-state index contributed by atoms with van der Waals surface area (Å²) in [6, 6.07) is 5.43. The van der Waals surface area contributed by atoms with Crippen molar-refractivity contribution in [1.29, 1.82) is 0 Å². The summed E-state index contributed by atoms with van der Waals surface area (Å²) in [5.41, 5.74) is 2.56. The smallest absolute Gasteiger partial charge is 0.150 e. The lowest BCUT2D eigenvalue weighted by Gasteiger charge is -1.96. The zero-order valence-corrected chi connectivity index (χ0v) is 6.82. The summed E-state index contributed by atoms with van der Waals surface area (Å²) in [6.45, 7) is 3.62. The van der Waals surface area contributed by atoms with Gasteiger partial charge in [0, 0.05) is 11.1 Å². The first-order valence-electron chi connectivity index (χ1n) is 3.77. The molecule has 0 atom stereocenters. The van der Waals surface area contributed by atoms with Crippen LogP contribution in [0.2, 0.25) is 0 Å². The van der Waals surface area contributed by atoms with Crippen LogP contribution in [-0.4, -0.2) is 21.7 Å². The van der Waals surface area contributed by atoms with Crippen LogP contribution < -0.4 is 0 Å². The third-order valence-corrected chi connectivity index (χ3v) is 1.84. The van der Waals surface area contributed by atoms with Gasteiger partial charge in [0.2, 0.25) is 0 Å². The molecule has 0 amide bonds. The number of carbonyl (C=O) groups is 1. The Balaban J connectivity index is 2.74. The maximum atomic E-state index is 10.5. The molecule has 13 heavy (non-hydrogen) atoms. The van der Waals surface area contributed by atoms with Crippen molar-refractivity contribution in [3.63, 3.8) is 0 Å². The molecule has 0 bridgehead atoms. The van der Waals surface area contributed by atoms with Crippen molar-refractivity contribution in [1.82, 2.24) is 15.4 Å². The van der Waals surface area contributed by atoms with E-state index in [0.29, 0.717) is 17.4 Å². The Hall–Kier alpha value is -1.97. The number of nitrogens with zero attached hydrogens (tertiary/aromatic N) is 2. The number of H-pyrrole nitrogens is 1. The highest BCUT2D eigenvalue weighted by Gasteiger charge is 2.05. The van der Waals surface area contributed by atoms with Gasteiger partial charge in [0.25, 0.3) is 0 Å². The van der Waals surface area contributed by atoms with Gasteiger partial charge in [-0.2, -0.15) is 15.4 Å². The van der Waals surface area contributed by atoms with Crippen molar-refractivity contribution in [2.45, 2.75) is 0 Å². The molecule has 1 heterocycles. The Morgan fingerprint density at radius 2 is 2.31 bits per heavy atom. The maximum Gasteiger partial charge on any atom is 0.150 e. The number of hydrogen-bond acceptors (Lipinski definition) is 3. The molecule has 0 radical (unpaired) electrons. The van der Waals surface area contributed by atoms with Crippen LogP contribution in [0.5, 0.6) is 0 Å². The van der Waals surface area contributed by atoms with Crippen LogP contribution in [0, 0.1) is 0 Å². The van der Waals surface area contributed by atoms with Crippen molar-refractivity contribution in [3.8, 4) is 0 Å². The third-order valence-electron chi connectivity index (χ3n) is 1.84. The fraction of sp³-hybridized carbons (Fsp3) is 0. The zero-order chi connectivity index (χ0) is 9.26. The van der Waals surface area contributed by atoms with Gasteiger partial charge >= 0.3 is 0 Å². The number of nitrogens with one attached hydrogen (secondary N) is 1. The summed E-state index contributed by atoms with van der Waals surface area (Å²) in [5, 5.41) is 10.3. The molecule has 0 saturated carbocycles. The number of carbonyl (C=O) groups excluding carboxylic acids is 1. The van der Waals surface area contributed by atoms with Crippen LogP contribution in [0.4, 0.5) is 0 Å². The molecule has 1 aromatic heterocycles. The standard InChI is InChI=1S/C9H7N3O/c1-6(5-13)7-3-2-4-8-9(7)11-12-10-8/h2-5H,1H2,(H,10,11,12). The monoisotopic (exact) mass is 173 g/mol. The van der Waals surface area contributed by atoms with Crippen LogP contribution in [-0.2, 0) is 4.79 Å². The molecule has 0 aliphatic rings. The number of aromatic nitrogens is 3. The number of allylic oxidation sites excluding steroid dienone is 1. The first kappa shape index (κ1) is 7.67. The van der Waals surface area contributed by atoms with Crippen molar-refractivity contribution < 1.29 is 4.79 Å². The SMILES string of the molecule is C=C(C=O)c1cccc2n[nH]nc12. The molecule has 64 valence electrons. The van der Waals surface area contributed by atoms with Crippen LogP contribution in [0.1, 0.15) is 5.56 Å². The Kier molecular flexibility index (Phi) is 1.66. The van der Waals surface area contributed by atoms with Gasteiger partial charge in [0.15, 0.2) is 0 Å². The first-order valence-corrected chi connectivity index (χ1v) is 3.77. The van der Waals surface area contributed by atoms with Gasteiger partial charge in [-0.05, 0) is 6.07 Å². The van der Waals surface area contributed by atoms with E-state index in [4.69, 9.17) is 0 Å². The molecule has 4 heteroatoms. The predicted molar refractivity (Wildman–Crippen MR) is 49.0 cm³/mol. The van der Waals surface area contributed by atoms with Crippen molar-refractivity contribution in [3.05, 3.63) is 30.3 Å². The topological polar surface area (TPSA) is 58.6 Å². The van der Waals surface area contributed by atoms with E-state index in [9.17, 15) is 4.79 Å². The minimum atomic E-state index is 0.416. The molecule has 0 spiro atoms. The van der Waals surface area contributed by atoms with Gasteiger partial charge < -0.3 is 0 Å². The molecule has 4 nitrogen and oxygen atoms in total. The molecule has 0 saturated heterocycles. The largest absolute Gasteiger partial charge is 0.298 e. The highest BCUT2D eigenvalue weighted by molar-refractivity contribution is 6.10. The predicted octanol–water partition coefficient (Wildman–Crippen LogP) is 1.17. The minimum Gasteiger partial charge on any atom is -0.298 e. The second-order valence-electron chi connectivity index (χ2n) is 2.64. The summed E-state index contributed by atoms with van der Waals surface area (Å²) in [5.74, 6) is 0. The molecule has 2 aromatic rings. The number of aldehydes is 1. The molecule has 1 N–H and O–H groups in total. The van der Waals surface area contributed by atoms with Gasteiger partial charge in [-0.25, -0.2) is 0 Å². The number of para-hydroxylation sites is 1. The highest BCUT2D eigenvalue weighted by Crippen LogP contribution is 2.18. The summed E-state index contributed by atoms with van der Waals surface area (Å²) >= 11 is 0. The molecule has 0 aliphatic heterocycles. The number of hydrogen-bond donors (Lipinski definition) is 1. The minimum absolute atomic E-state index is 0.416. The summed E-state index contributed by atoms with van der Waals surface area (Å²) in [7, 11) is 0. The number of fused-ring (bicyclic) bond motifs is 1. The molecule has 0 fully saturated rings. The van der Waals surface area contributed by atoms with Crippen molar-refractivity contribution in [2.24, 2.45) is 0 Å². The molecule has 0 aliphatic carbocycles. The summed E-state index contributed by atoms with van der Waals surface area (Å²) in [4.78, 5) is 10.5. The third kappa shape index (κ3) is 1.12. The van der Waals surface area contributed by atoms with Crippen molar-refractivity contribution in [2.75, 3.05) is 0 Å². The van der Waals surface area contributed by atoms with E-state index in [0.717, 1.165) is 11.1 Å². The summed E-state index contributed by atoms with van der Waals surface area (Å²) in [6.07, 6.45) is 0.712. The Morgan fingerprint density at radius 1 is 1.46 bits per heavy atom. The fourth-order valence-corrected chi connectivity index (χ4v) is 1.19. The second kappa shape index (κ2) is 2.82. The Bertz CT molecular complexity index is 472. The molecular formula is C9H7N3O. The number of aromatic amines is 1. The lowest BCUT2D eigenvalue weighted by Crippen LogP contribution is -1.85. The highest BCUT2D eigenvalue weighted by atomic mass is 16.1. The van der Waals surface area contributed by atoms with E-state index in [1.54, 1.807) is 6.07 Å². The average Bonchev–Trinajstić information content (AvgIpc) is 2.63. The van der Waals surface area contributed by atoms with Crippen LogP contribution in [0.15, 0.2) is 24.8 Å². The van der Waals surface area contributed by atoms with Crippen LogP contribution in [0.25, 0.3) is 16.6 Å². The maximum absolute atomic E-state index is 10.5. The molecule has 0 unspecified atom stereocenters. The van der Waals surface area contributed by atoms with E-state index >= 15 is 0 Å². The van der Waals surface area contributed by atoms with E-state index in [1.165, 1.54) is 0 Å². The van der Waals surface area contributed by atoms with Gasteiger partial charge in [-0.1, -0.05) is 18.7 Å². The van der Waals surface area contributed by atoms with Gasteiger partial charge in [0.1, 0.15) is 17.3 Å². The second-order valence-corrected chi connectivity index (χ2v) is 2.64. The quantitative estimate of drug-likeness (QED) is 0.547. The lowest BCUT2D eigenvalue weighted by molar-refractivity contribution is -0.103. The zero-order valence-electron chi connectivity index (χ0n) is 6.82. The average molecular weight is 173 g/mol. The van der Waals surface area contributed by atoms with E-state index in [1.807, 2.05) is 12.1 Å². The van der Waals surface area contributed by atoms with Crippen molar-refractivity contribution >= 4 is 22.9 Å². The molecule has 2 rings (SSSR count). The molecular weight excluding hydrogens is 166 g/mol. The van der Waals surface area contributed by atoms with E-state index < -0.39 is 0 Å². The van der Waals surface area contributed by atoms with E-state index in [-0.39, 0.29) is 0 Å². The summed E-state index contributed by atoms with van der Waals surface area (Å²) < 4.78 is 0. The van der Waals surface area contributed by atoms with Crippen LogP contribution >= 0.6 is 0 Å². The van der Waals surface area contributed by atoms with E-state index in [2.05, 4.69) is 22.0 Å². The normalized spacial score (nSPS) is 10.2. The Morgan fingerprint density at radius 3 is 3.08 bits per heavy atom. The van der Waals surface area contributed by atoms with Gasteiger partial charge in [-0.15, -0.1) is 0 Å². The van der Waals surface area contributed by atoms with Crippen LogP contribution in [0.3, 0.4) is 0 Å². The molecule has 1 aromatic carbocycles. The van der Waals surface area contributed by atoms with Gasteiger partial charge in [-0.3, -0.25) is 4.79 Å². The number of rotatable bonds is 2. The fourth-order valence-electron chi connectivity index (χ4n) is 1.19. The van der Waals surface area contributed by atoms with Gasteiger partial charge in [0.05, 0.1) is 0 Å².